The number of hydrogen-bond donors (Lipinski definition) is 3. The predicted octanol–water partition coefficient (Wildman–Crippen LogP) is 2.13. The molecule has 0 radical (unpaired) electrons. The normalized spacial score (nSPS) is 11.6. The highest BCUT2D eigenvalue weighted by Gasteiger charge is 2.22. The third-order valence-corrected chi connectivity index (χ3v) is 3.09. The van der Waals surface area contributed by atoms with Gasteiger partial charge in [0.2, 0.25) is 0 Å². The van der Waals surface area contributed by atoms with E-state index in [1.54, 1.807) is 6.92 Å². The topological polar surface area (TPSA) is 52.5 Å². The van der Waals surface area contributed by atoms with E-state index in [9.17, 15) is 8.78 Å². The quantitative estimate of drug-likeness (QED) is 0.730. The first-order valence-corrected chi connectivity index (χ1v) is 5.81. The molecule has 3 nitrogen and oxygen atoms in total. The minimum atomic E-state index is -0.757. The van der Waals surface area contributed by atoms with Crippen molar-refractivity contribution in [3.63, 3.8) is 0 Å². The van der Waals surface area contributed by atoms with E-state index in [0.29, 0.717) is 0 Å². The maximum atomic E-state index is 13.4. The van der Waals surface area contributed by atoms with Gasteiger partial charge in [0, 0.05) is 18.0 Å². The van der Waals surface area contributed by atoms with Crippen molar-refractivity contribution in [2.24, 2.45) is 5.41 Å². The van der Waals surface area contributed by atoms with Gasteiger partial charge in [-0.25, -0.2) is 8.78 Å². The van der Waals surface area contributed by atoms with Crippen LogP contribution in [0.3, 0.4) is 0 Å². The fourth-order valence-corrected chi connectivity index (χ4v) is 1.47. The highest BCUT2D eigenvalue weighted by atomic mass is 79.9. The van der Waals surface area contributed by atoms with E-state index < -0.39 is 17.0 Å². The standard InChI is InChI=1S/C11H14BrF2NO2/c1-11(5-16,6-17)4-15-10-2-7(12)8(13)3-9(10)14/h2-3,15-17H,4-6H2,1H3. The molecule has 96 valence electrons. The molecular formula is C11H14BrF2NO2. The van der Waals surface area contributed by atoms with Crippen molar-refractivity contribution in [1.29, 1.82) is 0 Å². The lowest BCUT2D eigenvalue weighted by molar-refractivity contribution is 0.0806. The van der Waals surface area contributed by atoms with Crippen LogP contribution in [0.1, 0.15) is 6.92 Å². The van der Waals surface area contributed by atoms with E-state index in [1.807, 2.05) is 0 Å². The molecule has 0 aliphatic heterocycles. The maximum absolute atomic E-state index is 13.4. The number of rotatable bonds is 5. The molecule has 1 aromatic carbocycles. The number of aliphatic hydroxyl groups is 2. The first kappa shape index (κ1) is 14.3. The fourth-order valence-electron chi connectivity index (χ4n) is 1.13. The molecule has 0 aliphatic rings. The summed E-state index contributed by atoms with van der Waals surface area (Å²) in [6.07, 6.45) is 0. The van der Waals surface area contributed by atoms with Crippen molar-refractivity contribution in [2.75, 3.05) is 25.1 Å². The van der Waals surface area contributed by atoms with Crippen molar-refractivity contribution in [2.45, 2.75) is 6.92 Å². The minimum Gasteiger partial charge on any atom is -0.396 e. The summed E-state index contributed by atoms with van der Waals surface area (Å²) in [6, 6.07) is 2.04. The molecular weight excluding hydrogens is 296 g/mol. The van der Waals surface area contributed by atoms with Crippen LogP contribution < -0.4 is 5.32 Å². The number of hydrogen-bond acceptors (Lipinski definition) is 3. The zero-order chi connectivity index (χ0) is 13.1. The zero-order valence-corrected chi connectivity index (χ0v) is 10.9. The number of nitrogens with one attached hydrogen (secondary N) is 1. The van der Waals surface area contributed by atoms with E-state index in [4.69, 9.17) is 10.2 Å². The van der Waals surface area contributed by atoms with Crippen LogP contribution >= 0.6 is 15.9 Å². The Kier molecular flexibility index (Phi) is 4.85. The monoisotopic (exact) mass is 309 g/mol. The Morgan fingerprint density at radius 1 is 1.24 bits per heavy atom. The summed E-state index contributed by atoms with van der Waals surface area (Å²) in [5, 5.41) is 20.9. The largest absolute Gasteiger partial charge is 0.396 e. The molecule has 0 aromatic heterocycles. The van der Waals surface area contributed by atoms with Gasteiger partial charge in [-0.15, -0.1) is 0 Å². The summed E-state index contributed by atoms with van der Waals surface area (Å²) in [5.74, 6) is -1.40. The Morgan fingerprint density at radius 3 is 2.35 bits per heavy atom. The van der Waals surface area contributed by atoms with Crippen molar-refractivity contribution >= 4 is 21.6 Å². The molecule has 0 saturated heterocycles. The molecule has 0 saturated carbocycles. The van der Waals surface area contributed by atoms with Gasteiger partial charge in [-0.2, -0.15) is 0 Å². The summed E-state index contributed by atoms with van der Waals surface area (Å²) >= 11 is 2.95. The molecule has 0 atom stereocenters. The molecule has 0 aliphatic carbocycles. The van der Waals surface area contributed by atoms with Crippen LogP contribution in [0.15, 0.2) is 16.6 Å². The van der Waals surface area contributed by atoms with Crippen LogP contribution in [-0.4, -0.2) is 30.0 Å². The molecule has 3 N–H and O–H groups in total. The Balaban J connectivity index is 2.79. The van der Waals surface area contributed by atoms with Crippen molar-refractivity contribution < 1.29 is 19.0 Å². The second-order valence-corrected chi connectivity index (χ2v) is 5.08. The molecule has 1 aromatic rings. The van der Waals surface area contributed by atoms with E-state index in [0.717, 1.165) is 6.07 Å². The molecule has 0 heterocycles. The predicted molar refractivity (Wildman–Crippen MR) is 64.8 cm³/mol. The third kappa shape index (κ3) is 3.62. The van der Waals surface area contributed by atoms with Crippen molar-refractivity contribution in [3.05, 3.63) is 28.2 Å². The maximum Gasteiger partial charge on any atom is 0.149 e. The van der Waals surface area contributed by atoms with Crippen LogP contribution in [0, 0.1) is 17.0 Å². The van der Waals surface area contributed by atoms with E-state index in [1.165, 1.54) is 6.07 Å². The van der Waals surface area contributed by atoms with Gasteiger partial charge in [0.15, 0.2) is 0 Å². The number of halogens is 3. The SMILES string of the molecule is CC(CO)(CO)CNc1cc(Br)c(F)cc1F. The van der Waals surface area contributed by atoms with Crippen LogP contribution in [0.5, 0.6) is 0 Å². The Hall–Kier alpha value is -0.720. The lowest BCUT2D eigenvalue weighted by atomic mass is 9.93. The molecule has 6 heteroatoms. The lowest BCUT2D eigenvalue weighted by Gasteiger charge is -2.25. The van der Waals surface area contributed by atoms with Gasteiger partial charge in [-0.05, 0) is 22.0 Å². The van der Waals surface area contributed by atoms with Gasteiger partial charge in [0.05, 0.1) is 23.4 Å². The summed E-state index contributed by atoms with van der Waals surface area (Å²) in [6.45, 7) is 1.35. The second-order valence-electron chi connectivity index (χ2n) is 4.23. The first-order valence-electron chi connectivity index (χ1n) is 5.02. The smallest absolute Gasteiger partial charge is 0.149 e. The summed E-state index contributed by atoms with van der Waals surface area (Å²) < 4.78 is 26.5. The summed E-state index contributed by atoms with van der Waals surface area (Å²) in [5.41, 5.74) is -0.640. The first-order chi connectivity index (χ1) is 7.91. The summed E-state index contributed by atoms with van der Waals surface area (Å²) in [4.78, 5) is 0. The van der Waals surface area contributed by atoms with E-state index in [-0.39, 0.29) is 29.9 Å². The second kappa shape index (κ2) is 5.75. The van der Waals surface area contributed by atoms with Crippen LogP contribution in [0.4, 0.5) is 14.5 Å². The average molecular weight is 310 g/mol. The molecule has 0 spiro atoms. The van der Waals surface area contributed by atoms with Gasteiger partial charge in [0.1, 0.15) is 11.6 Å². The van der Waals surface area contributed by atoms with Crippen LogP contribution in [-0.2, 0) is 0 Å². The highest BCUT2D eigenvalue weighted by molar-refractivity contribution is 9.10. The van der Waals surface area contributed by atoms with E-state index in [2.05, 4.69) is 21.2 Å². The average Bonchev–Trinajstić information content (AvgIpc) is 2.32. The lowest BCUT2D eigenvalue weighted by Crippen LogP contribution is -2.34. The van der Waals surface area contributed by atoms with Gasteiger partial charge < -0.3 is 15.5 Å². The van der Waals surface area contributed by atoms with Crippen molar-refractivity contribution in [3.8, 4) is 0 Å². The van der Waals surface area contributed by atoms with Crippen molar-refractivity contribution in [1.82, 2.24) is 0 Å². The fraction of sp³-hybridized carbons (Fsp3) is 0.455. The molecule has 0 bridgehead atoms. The van der Waals surface area contributed by atoms with Crippen LogP contribution in [0.25, 0.3) is 0 Å². The van der Waals surface area contributed by atoms with Gasteiger partial charge in [-0.3, -0.25) is 0 Å². The molecule has 0 amide bonds. The zero-order valence-electron chi connectivity index (χ0n) is 9.30. The molecule has 1 rings (SSSR count). The van der Waals surface area contributed by atoms with Gasteiger partial charge in [-0.1, -0.05) is 6.92 Å². The number of aliphatic hydroxyl groups excluding tert-OH is 2. The van der Waals surface area contributed by atoms with E-state index >= 15 is 0 Å². The Morgan fingerprint density at radius 2 is 1.82 bits per heavy atom. The van der Waals surface area contributed by atoms with Gasteiger partial charge >= 0.3 is 0 Å². The highest BCUT2D eigenvalue weighted by Crippen LogP contribution is 2.25. The minimum absolute atomic E-state index is 0.117. The molecule has 0 unspecified atom stereocenters. The number of anilines is 1. The molecule has 17 heavy (non-hydrogen) atoms. The molecule has 0 fully saturated rings. The van der Waals surface area contributed by atoms with Crippen LogP contribution in [0.2, 0.25) is 0 Å². The van der Waals surface area contributed by atoms with Gasteiger partial charge in [0.25, 0.3) is 0 Å². The Bertz CT molecular complexity index is 397. The number of benzene rings is 1. The third-order valence-electron chi connectivity index (χ3n) is 2.48. The summed E-state index contributed by atoms with van der Waals surface area (Å²) in [7, 11) is 0. The Labute approximate surface area is 107 Å².